The van der Waals surface area contributed by atoms with Crippen LogP contribution in [0.3, 0.4) is 0 Å². The highest BCUT2D eigenvalue weighted by atomic mass is 35.5. The lowest BCUT2D eigenvalue weighted by Crippen LogP contribution is -2.57. The normalized spacial score (nSPS) is 27.2. The van der Waals surface area contributed by atoms with E-state index in [1.54, 1.807) is 62.9 Å². The number of hydrogen-bond acceptors (Lipinski definition) is 5. The summed E-state index contributed by atoms with van der Waals surface area (Å²) >= 11 is 7.83. The Bertz CT molecular complexity index is 1360. The van der Waals surface area contributed by atoms with Crippen molar-refractivity contribution in [2.45, 2.75) is 48.8 Å². The van der Waals surface area contributed by atoms with Crippen molar-refractivity contribution in [3.8, 4) is 0 Å². The van der Waals surface area contributed by atoms with Gasteiger partial charge in [0.05, 0.1) is 16.6 Å². The molecule has 3 aliphatic rings. The van der Waals surface area contributed by atoms with Crippen LogP contribution in [0.2, 0.25) is 5.02 Å². The van der Waals surface area contributed by atoms with E-state index in [1.165, 1.54) is 0 Å². The monoisotopic (exact) mass is 621 g/mol. The molecule has 0 aromatic heterocycles. The molecule has 9 heteroatoms. The Hall–Kier alpha value is -3.07. The minimum Gasteiger partial charge on any atom is -0.396 e. The van der Waals surface area contributed by atoms with E-state index >= 15 is 0 Å². The lowest BCUT2D eigenvalue weighted by atomic mass is 9.65. The third kappa shape index (κ3) is 5.65. The molecule has 6 atom stereocenters. The molecule has 5 rings (SSSR count). The number of thioether (sulfide) groups is 1. The topological polar surface area (TPSA) is 81.2 Å². The minimum absolute atomic E-state index is 0.00686. The maximum absolute atomic E-state index is 14.7. The van der Waals surface area contributed by atoms with E-state index in [0.29, 0.717) is 43.2 Å². The smallest absolute Gasteiger partial charge is 0.251 e. The van der Waals surface area contributed by atoms with Crippen molar-refractivity contribution in [1.29, 1.82) is 0 Å². The number of aliphatic hydroxyl groups excluding tert-OH is 1. The summed E-state index contributed by atoms with van der Waals surface area (Å²) in [6.07, 6.45) is 5.25. The number of carbonyl (C=O) groups excluding carboxylic acids is 3. The fraction of sp³-hybridized carbons (Fsp3) is 0.441. The zero-order valence-electron chi connectivity index (χ0n) is 24.6. The number of amides is 3. The van der Waals surface area contributed by atoms with E-state index in [2.05, 4.69) is 20.1 Å². The SMILES string of the molecule is C=CCN(Cc1ccccc1)C(=O)[C@@H]1[C@@H]2CC(C)C3(S2)C(C(=O)N(CC=C)c2ccc(Cl)cc2)N(CCCCO)C(=O)[C@H]13. The maximum atomic E-state index is 14.7. The summed E-state index contributed by atoms with van der Waals surface area (Å²) in [6.45, 7) is 11.3. The van der Waals surface area contributed by atoms with Crippen molar-refractivity contribution < 1.29 is 19.5 Å². The number of rotatable bonds is 13. The standard InChI is InChI=1S/C34H40ClN3O4S/c1-4-17-36(22-24-11-7-6-8-12-24)31(40)28-27-21-23(3)34(43-27)29(28)32(41)38(19-9-10-20-39)30(34)33(42)37(18-5-2)26-15-13-25(35)14-16-26/h4-8,11-16,23,27-30,39H,1-2,9-10,17-22H2,3H3/t23?,27-,28+,29-,30?,34?/m0/s1. The molecular weight excluding hydrogens is 582 g/mol. The molecule has 0 saturated carbocycles. The van der Waals surface area contributed by atoms with Crippen LogP contribution in [0.4, 0.5) is 5.69 Å². The molecule has 2 aromatic rings. The predicted octanol–water partition coefficient (Wildman–Crippen LogP) is 5.18. The van der Waals surface area contributed by atoms with Crippen molar-refractivity contribution in [2.24, 2.45) is 17.8 Å². The average molecular weight is 622 g/mol. The second kappa shape index (κ2) is 13.3. The Kier molecular flexibility index (Phi) is 9.69. The summed E-state index contributed by atoms with van der Waals surface area (Å²) in [6, 6.07) is 16.2. The van der Waals surface area contributed by atoms with Crippen molar-refractivity contribution >= 4 is 46.8 Å². The molecular formula is C34H40ClN3O4S. The van der Waals surface area contributed by atoms with Gasteiger partial charge in [0.25, 0.3) is 5.91 Å². The molecule has 2 aromatic carbocycles. The molecule has 1 spiro atoms. The van der Waals surface area contributed by atoms with Crippen molar-refractivity contribution in [1.82, 2.24) is 9.80 Å². The molecule has 3 fully saturated rings. The van der Waals surface area contributed by atoms with Gasteiger partial charge in [0.15, 0.2) is 0 Å². The molecule has 3 saturated heterocycles. The Morgan fingerprint density at radius 1 is 1.07 bits per heavy atom. The summed E-state index contributed by atoms with van der Waals surface area (Å²) in [5.41, 5.74) is 1.69. The van der Waals surface area contributed by atoms with Crippen LogP contribution in [0.25, 0.3) is 0 Å². The first kappa shape index (κ1) is 31.4. The first-order chi connectivity index (χ1) is 20.8. The van der Waals surface area contributed by atoms with Gasteiger partial charge in [-0.25, -0.2) is 0 Å². The van der Waals surface area contributed by atoms with Crippen LogP contribution in [0.5, 0.6) is 0 Å². The summed E-state index contributed by atoms with van der Waals surface area (Å²) < 4.78 is -0.739. The highest BCUT2D eigenvalue weighted by molar-refractivity contribution is 8.02. The number of nitrogens with zero attached hydrogens (tertiary/aromatic N) is 3. The molecule has 0 aliphatic carbocycles. The average Bonchev–Trinajstić information content (AvgIpc) is 3.60. The van der Waals surface area contributed by atoms with E-state index in [0.717, 1.165) is 12.0 Å². The van der Waals surface area contributed by atoms with Crippen LogP contribution in [0.1, 0.15) is 31.7 Å². The zero-order valence-corrected chi connectivity index (χ0v) is 26.2. The molecule has 228 valence electrons. The number of benzene rings is 2. The zero-order chi connectivity index (χ0) is 30.7. The van der Waals surface area contributed by atoms with Crippen LogP contribution in [0, 0.1) is 17.8 Å². The third-order valence-corrected chi connectivity index (χ3v) is 11.5. The second-order valence-corrected chi connectivity index (χ2v) is 13.7. The fourth-order valence-electron chi connectivity index (χ4n) is 7.34. The molecule has 3 heterocycles. The van der Waals surface area contributed by atoms with Gasteiger partial charge in [0.1, 0.15) is 6.04 Å². The highest BCUT2D eigenvalue weighted by Crippen LogP contribution is 2.69. The number of halogens is 1. The lowest BCUT2D eigenvalue weighted by molar-refractivity contribution is -0.144. The van der Waals surface area contributed by atoms with E-state index < -0.39 is 22.6 Å². The number of anilines is 1. The molecule has 2 bridgehead atoms. The van der Waals surface area contributed by atoms with Gasteiger partial charge < -0.3 is 19.8 Å². The number of likely N-dealkylation sites (tertiary alicyclic amines) is 1. The van der Waals surface area contributed by atoms with Crippen LogP contribution >= 0.6 is 23.4 Å². The molecule has 0 radical (unpaired) electrons. The molecule has 3 aliphatic heterocycles. The fourth-order valence-corrected chi connectivity index (χ4v) is 9.87. The van der Waals surface area contributed by atoms with Gasteiger partial charge >= 0.3 is 0 Å². The Labute approximate surface area is 263 Å². The Morgan fingerprint density at radius 2 is 1.77 bits per heavy atom. The second-order valence-electron chi connectivity index (χ2n) is 11.7. The number of unbranched alkanes of at least 4 members (excludes halogenated alkanes) is 1. The first-order valence-corrected chi connectivity index (χ1v) is 16.2. The van der Waals surface area contributed by atoms with Crippen LogP contribution in [0.15, 0.2) is 79.9 Å². The van der Waals surface area contributed by atoms with Crippen molar-refractivity contribution in [2.75, 3.05) is 31.1 Å². The van der Waals surface area contributed by atoms with Gasteiger partial charge in [0, 0.05) is 48.7 Å². The third-order valence-electron chi connectivity index (χ3n) is 9.17. The summed E-state index contributed by atoms with van der Waals surface area (Å²) in [4.78, 5) is 48.8. The van der Waals surface area contributed by atoms with Gasteiger partial charge in [0.2, 0.25) is 11.8 Å². The molecule has 3 amide bonds. The van der Waals surface area contributed by atoms with Gasteiger partial charge in [-0.1, -0.05) is 61.0 Å². The van der Waals surface area contributed by atoms with Gasteiger partial charge in [-0.3, -0.25) is 14.4 Å². The molecule has 43 heavy (non-hydrogen) atoms. The van der Waals surface area contributed by atoms with Crippen LogP contribution < -0.4 is 4.90 Å². The summed E-state index contributed by atoms with van der Waals surface area (Å²) in [7, 11) is 0. The Morgan fingerprint density at radius 3 is 2.42 bits per heavy atom. The first-order valence-electron chi connectivity index (χ1n) is 15.0. The molecule has 1 N–H and O–H groups in total. The highest BCUT2D eigenvalue weighted by Gasteiger charge is 2.76. The van der Waals surface area contributed by atoms with Crippen molar-refractivity contribution in [3.63, 3.8) is 0 Å². The number of aliphatic hydroxyl groups is 1. The van der Waals surface area contributed by atoms with E-state index in [9.17, 15) is 19.5 Å². The van der Waals surface area contributed by atoms with E-state index in [-0.39, 0.29) is 42.0 Å². The maximum Gasteiger partial charge on any atom is 0.251 e. The molecule has 7 nitrogen and oxygen atoms in total. The van der Waals surface area contributed by atoms with Gasteiger partial charge in [-0.2, -0.15) is 0 Å². The summed E-state index contributed by atoms with van der Waals surface area (Å²) in [5, 5.41) is 10.0. The van der Waals surface area contributed by atoms with Crippen molar-refractivity contribution in [3.05, 3.63) is 90.5 Å². The number of fused-ring (bicyclic) bond motifs is 1. The predicted molar refractivity (Wildman–Crippen MR) is 173 cm³/mol. The quantitative estimate of drug-likeness (QED) is 0.246. The van der Waals surface area contributed by atoms with Gasteiger partial charge in [-0.05, 0) is 55.0 Å². The number of hydrogen-bond donors (Lipinski definition) is 1. The van der Waals surface area contributed by atoms with Crippen LogP contribution in [-0.4, -0.2) is 74.9 Å². The minimum atomic E-state index is -0.746. The Balaban J connectivity index is 1.54. The largest absolute Gasteiger partial charge is 0.396 e. The van der Waals surface area contributed by atoms with E-state index in [1.807, 2.05) is 30.3 Å². The summed E-state index contributed by atoms with van der Waals surface area (Å²) in [5.74, 6) is -1.46. The number of carbonyl (C=O) groups is 3. The van der Waals surface area contributed by atoms with Crippen LogP contribution in [-0.2, 0) is 20.9 Å². The molecule has 3 unspecified atom stereocenters. The van der Waals surface area contributed by atoms with E-state index in [4.69, 9.17) is 11.6 Å². The lowest BCUT2D eigenvalue weighted by Gasteiger charge is -2.41. The van der Waals surface area contributed by atoms with Gasteiger partial charge in [-0.15, -0.1) is 24.9 Å².